The first-order valence-electron chi connectivity index (χ1n) is 8.98. The second-order valence-electron chi connectivity index (χ2n) is 6.61. The number of rotatable bonds is 4. The summed E-state index contributed by atoms with van der Waals surface area (Å²) in [6.07, 6.45) is 5.10. The number of fused-ring (bicyclic) bond motifs is 1. The molecule has 0 saturated carbocycles. The molecule has 1 aliphatic heterocycles. The molecule has 3 heterocycles. The smallest absolute Gasteiger partial charge is 0.244 e. The number of hydrogen-bond acceptors (Lipinski definition) is 5. The first-order chi connectivity index (χ1) is 13.6. The average molecular weight is 375 g/mol. The van der Waals surface area contributed by atoms with Crippen LogP contribution in [-0.4, -0.2) is 15.2 Å². The van der Waals surface area contributed by atoms with Crippen LogP contribution in [0.1, 0.15) is 36.1 Å². The van der Waals surface area contributed by atoms with Crippen LogP contribution in [0.25, 0.3) is 11.1 Å². The Labute approximate surface area is 161 Å². The van der Waals surface area contributed by atoms with Gasteiger partial charge in [0.05, 0.1) is 11.5 Å². The molecule has 1 unspecified atom stereocenters. The van der Waals surface area contributed by atoms with E-state index in [0.717, 1.165) is 40.8 Å². The minimum absolute atomic E-state index is 0.0433. The highest BCUT2D eigenvalue weighted by molar-refractivity contribution is 5.65. The third-order valence-corrected chi connectivity index (χ3v) is 4.79. The van der Waals surface area contributed by atoms with Crippen molar-refractivity contribution in [3.63, 3.8) is 0 Å². The van der Waals surface area contributed by atoms with Crippen LogP contribution in [0.3, 0.4) is 0 Å². The summed E-state index contributed by atoms with van der Waals surface area (Å²) in [7, 11) is 0. The predicted molar refractivity (Wildman–Crippen MR) is 102 cm³/mol. The summed E-state index contributed by atoms with van der Waals surface area (Å²) < 4.78 is 18.8. The number of aromatic amines is 1. The second-order valence-corrected chi connectivity index (χ2v) is 6.61. The van der Waals surface area contributed by atoms with E-state index in [1.807, 2.05) is 6.07 Å². The number of nitrogens with zero attached hydrogens (tertiary/aromatic N) is 3. The number of aryl methyl sites for hydroxylation is 1. The summed E-state index contributed by atoms with van der Waals surface area (Å²) >= 11 is 0. The fourth-order valence-electron chi connectivity index (χ4n) is 3.50. The lowest BCUT2D eigenvalue weighted by Gasteiger charge is -2.24. The van der Waals surface area contributed by atoms with Crippen LogP contribution in [-0.2, 0) is 6.42 Å². The Bertz CT molecular complexity index is 1090. The molecule has 1 aliphatic rings. The number of aromatic nitrogens is 3. The SMILES string of the molecule is CCCc1[nH]nc2c1C(c1cncc(-c3ccc(F)cc3)c1)C(C#N)=C(N)O2. The van der Waals surface area contributed by atoms with Crippen molar-refractivity contribution >= 4 is 0 Å². The van der Waals surface area contributed by atoms with Crippen molar-refractivity contribution < 1.29 is 9.13 Å². The molecule has 0 spiro atoms. The molecule has 2 aromatic heterocycles. The number of halogens is 1. The van der Waals surface area contributed by atoms with Gasteiger partial charge in [0, 0.05) is 23.7 Å². The number of H-pyrrole nitrogens is 1. The van der Waals surface area contributed by atoms with Gasteiger partial charge in [-0.05, 0) is 35.7 Å². The minimum Gasteiger partial charge on any atom is -0.420 e. The van der Waals surface area contributed by atoms with Crippen LogP contribution < -0.4 is 10.5 Å². The molecule has 1 atom stereocenters. The zero-order valence-corrected chi connectivity index (χ0v) is 15.2. The first kappa shape index (κ1) is 17.7. The van der Waals surface area contributed by atoms with Gasteiger partial charge in [0.1, 0.15) is 17.5 Å². The van der Waals surface area contributed by atoms with Crippen molar-refractivity contribution in [2.45, 2.75) is 25.7 Å². The van der Waals surface area contributed by atoms with Gasteiger partial charge < -0.3 is 10.5 Å². The molecule has 7 heteroatoms. The Morgan fingerprint density at radius 1 is 1.25 bits per heavy atom. The van der Waals surface area contributed by atoms with Gasteiger partial charge >= 0.3 is 0 Å². The highest BCUT2D eigenvalue weighted by atomic mass is 19.1. The van der Waals surface area contributed by atoms with Gasteiger partial charge in [-0.3, -0.25) is 10.1 Å². The predicted octanol–water partition coefficient (Wildman–Crippen LogP) is 3.78. The topological polar surface area (TPSA) is 101 Å². The molecule has 0 aliphatic carbocycles. The number of nitriles is 1. The van der Waals surface area contributed by atoms with E-state index >= 15 is 0 Å². The van der Waals surface area contributed by atoms with Crippen LogP contribution in [0.5, 0.6) is 5.88 Å². The molecule has 6 nitrogen and oxygen atoms in total. The van der Waals surface area contributed by atoms with E-state index in [1.54, 1.807) is 24.5 Å². The van der Waals surface area contributed by atoms with E-state index < -0.39 is 5.92 Å². The normalized spacial score (nSPS) is 15.7. The van der Waals surface area contributed by atoms with E-state index in [0.29, 0.717) is 11.5 Å². The maximum Gasteiger partial charge on any atom is 0.244 e. The first-order valence-corrected chi connectivity index (χ1v) is 8.98. The zero-order chi connectivity index (χ0) is 19.7. The van der Waals surface area contributed by atoms with Gasteiger partial charge in [0.15, 0.2) is 0 Å². The van der Waals surface area contributed by atoms with Gasteiger partial charge in [0.2, 0.25) is 11.8 Å². The van der Waals surface area contributed by atoms with Crippen LogP contribution in [0.15, 0.2) is 54.2 Å². The lowest BCUT2D eigenvalue weighted by atomic mass is 9.83. The summed E-state index contributed by atoms with van der Waals surface area (Å²) in [5.41, 5.74) is 10.5. The van der Waals surface area contributed by atoms with E-state index in [-0.39, 0.29) is 11.7 Å². The summed E-state index contributed by atoms with van der Waals surface area (Å²) in [6, 6.07) is 10.3. The highest BCUT2D eigenvalue weighted by Crippen LogP contribution is 2.43. The zero-order valence-electron chi connectivity index (χ0n) is 15.2. The lowest BCUT2D eigenvalue weighted by Crippen LogP contribution is -2.21. The van der Waals surface area contributed by atoms with Crippen LogP contribution in [0.4, 0.5) is 4.39 Å². The Morgan fingerprint density at radius 3 is 2.75 bits per heavy atom. The fourth-order valence-corrected chi connectivity index (χ4v) is 3.50. The van der Waals surface area contributed by atoms with Crippen LogP contribution >= 0.6 is 0 Å². The van der Waals surface area contributed by atoms with Crippen LogP contribution in [0, 0.1) is 17.1 Å². The number of nitrogens with two attached hydrogens (primary N) is 1. The Morgan fingerprint density at radius 2 is 2.04 bits per heavy atom. The number of nitrogens with one attached hydrogen (secondary N) is 1. The molecular weight excluding hydrogens is 357 g/mol. The standard InChI is InChI=1S/C21H18FN5O/c1-2-3-17-19-18(16(9-23)20(24)28-21(19)27-26-17)14-8-13(10-25-11-14)12-4-6-15(22)7-5-12/h4-8,10-11,18H,2-3,24H2,1H3,(H,26,27). The quantitative estimate of drug-likeness (QED) is 0.723. The van der Waals surface area contributed by atoms with Gasteiger partial charge in [-0.1, -0.05) is 25.5 Å². The van der Waals surface area contributed by atoms with E-state index in [9.17, 15) is 9.65 Å². The molecule has 0 bridgehead atoms. The van der Waals surface area contributed by atoms with Gasteiger partial charge in [-0.15, -0.1) is 5.10 Å². The number of benzene rings is 1. The van der Waals surface area contributed by atoms with Crippen molar-refractivity contribution in [2.75, 3.05) is 0 Å². The Balaban J connectivity index is 1.86. The third-order valence-electron chi connectivity index (χ3n) is 4.79. The van der Waals surface area contributed by atoms with Crippen molar-refractivity contribution in [1.82, 2.24) is 15.2 Å². The third kappa shape index (κ3) is 2.99. The molecule has 3 N–H and O–H groups in total. The van der Waals surface area contributed by atoms with E-state index in [1.165, 1.54) is 12.1 Å². The molecule has 3 aromatic rings. The lowest BCUT2D eigenvalue weighted by molar-refractivity contribution is 0.378. The van der Waals surface area contributed by atoms with Gasteiger partial charge in [0.25, 0.3) is 0 Å². The van der Waals surface area contributed by atoms with Crippen LogP contribution in [0.2, 0.25) is 0 Å². The number of allylic oxidation sites excluding steroid dienone is 1. The molecule has 1 aromatic carbocycles. The monoisotopic (exact) mass is 375 g/mol. The van der Waals surface area contributed by atoms with Crippen molar-refractivity contribution in [3.8, 4) is 23.1 Å². The summed E-state index contributed by atoms with van der Waals surface area (Å²) in [6.45, 7) is 2.07. The number of hydrogen-bond donors (Lipinski definition) is 2. The summed E-state index contributed by atoms with van der Waals surface area (Å²) in [5, 5.41) is 17.0. The molecule has 0 amide bonds. The van der Waals surface area contributed by atoms with Crippen molar-refractivity contribution in [3.05, 3.63) is 76.8 Å². The van der Waals surface area contributed by atoms with Crippen molar-refractivity contribution in [2.24, 2.45) is 5.73 Å². The largest absolute Gasteiger partial charge is 0.420 e. The molecule has 140 valence electrons. The summed E-state index contributed by atoms with van der Waals surface area (Å²) in [5.74, 6) is -0.298. The van der Waals surface area contributed by atoms with Gasteiger partial charge in [-0.2, -0.15) is 5.26 Å². The molecular formula is C21H18FN5O. The molecule has 0 radical (unpaired) electrons. The van der Waals surface area contributed by atoms with Crippen molar-refractivity contribution in [1.29, 1.82) is 5.26 Å². The van der Waals surface area contributed by atoms with E-state index in [2.05, 4.69) is 28.2 Å². The fraction of sp³-hybridized carbons (Fsp3) is 0.190. The highest BCUT2D eigenvalue weighted by Gasteiger charge is 2.35. The molecule has 4 rings (SSSR count). The maximum atomic E-state index is 13.3. The second kappa shape index (κ2) is 7.16. The molecule has 0 saturated heterocycles. The molecule has 0 fully saturated rings. The summed E-state index contributed by atoms with van der Waals surface area (Å²) in [4.78, 5) is 4.35. The van der Waals surface area contributed by atoms with Gasteiger partial charge in [-0.25, -0.2) is 4.39 Å². The average Bonchev–Trinajstić information content (AvgIpc) is 3.10. The molecule has 28 heavy (non-hydrogen) atoms. The number of pyridine rings is 1. The number of ether oxygens (including phenoxy) is 1. The van der Waals surface area contributed by atoms with E-state index in [4.69, 9.17) is 10.5 Å². The Kier molecular flexibility index (Phi) is 4.53. The Hall–Kier alpha value is -3.66. The minimum atomic E-state index is -0.429. The maximum absolute atomic E-state index is 13.3.